The third kappa shape index (κ3) is 2.57. The fraction of sp³-hybridized carbons (Fsp3) is 0.417. The quantitative estimate of drug-likeness (QED) is 0.755. The van der Waals surface area contributed by atoms with Crippen molar-refractivity contribution in [1.82, 2.24) is 4.90 Å². The summed E-state index contributed by atoms with van der Waals surface area (Å²) >= 11 is 4.20. The first-order valence-corrected chi connectivity index (χ1v) is 5.81. The number of amides is 1. The summed E-state index contributed by atoms with van der Waals surface area (Å²) < 4.78 is 5.41. The van der Waals surface area contributed by atoms with Crippen LogP contribution in [0.25, 0.3) is 0 Å². The Kier molecular flexibility index (Phi) is 3.51. The molecule has 1 heterocycles. The number of thiol groups is 1. The molecular weight excluding hydrogens is 222 g/mol. The Bertz CT molecular complexity index is 377. The predicted molar refractivity (Wildman–Crippen MR) is 65.0 cm³/mol. The topological polar surface area (TPSA) is 29.5 Å². The highest BCUT2D eigenvalue weighted by atomic mass is 32.1. The second-order valence-corrected chi connectivity index (χ2v) is 4.50. The molecule has 0 radical (unpaired) electrons. The standard InChI is InChI=1S/C12H15NO2S/c1-9-8-13(6-7-15-9)12(14)10-2-4-11(16)5-3-10/h2-5,9,16H,6-8H2,1H3. The molecule has 1 fully saturated rings. The lowest BCUT2D eigenvalue weighted by atomic mass is 10.2. The molecule has 0 bridgehead atoms. The van der Waals surface area contributed by atoms with Gasteiger partial charge in [-0.05, 0) is 31.2 Å². The zero-order valence-corrected chi connectivity index (χ0v) is 10.1. The number of carbonyl (C=O) groups excluding carboxylic acids is 1. The van der Waals surface area contributed by atoms with E-state index in [4.69, 9.17) is 4.74 Å². The van der Waals surface area contributed by atoms with Crippen LogP contribution in [0.3, 0.4) is 0 Å². The molecule has 0 aromatic heterocycles. The first-order valence-electron chi connectivity index (χ1n) is 5.37. The Morgan fingerprint density at radius 1 is 1.44 bits per heavy atom. The van der Waals surface area contributed by atoms with Crippen LogP contribution in [0.5, 0.6) is 0 Å². The van der Waals surface area contributed by atoms with E-state index >= 15 is 0 Å². The molecule has 1 atom stereocenters. The third-order valence-electron chi connectivity index (χ3n) is 2.64. The molecule has 1 amide bonds. The van der Waals surface area contributed by atoms with Crippen molar-refractivity contribution in [1.29, 1.82) is 0 Å². The minimum Gasteiger partial charge on any atom is -0.375 e. The van der Waals surface area contributed by atoms with Crippen LogP contribution in [0.1, 0.15) is 17.3 Å². The van der Waals surface area contributed by atoms with Gasteiger partial charge in [-0.2, -0.15) is 0 Å². The van der Waals surface area contributed by atoms with Crippen LogP contribution < -0.4 is 0 Å². The zero-order chi connectivity index (χ0) is 11.5. The van der Waals surface area contributed by atoms with Crippen molar-refractivity contribution in [2.24, 2.45) is 0 Å². The van der Waals surface area contributed by atoms with Gasteiger partial charge in [0.25, 0.3) is 5.91 Å². The Hall–Kier alpha value is -1.00. The van der Waals surface area contributed by atoms with E-state index < -0.39 is 0 Å². The maximum Gasteiger partial charge on any atom is 0.254 e. The van der Waals surface area contributed by atoms with E-state index in [2.05, 4.69) is 12.6 Å². The minimum atomic E-state index is 0.0727. The zero-order valence-electron chi connectivity index (χ0n) is 9.22. The number of rotatable bonds is 1. The van der Waals surface area contributed by atoms with Crippen molar-refractivity contribution in [2.75, 3.05) is 19.7 Å². The summed E-state index contributed by atoms with van der Waals surface area (Å²) in [4.78, 5) is 14.8. The molecular formula is C12H15NO2S. The summed E-state index contributed by atoms with van der Waals surface area (Å²) in [5, 5.41) is 0. The van der Waals surface area contributed by atoms with Gasteiger partial charge in [0.15, 0.2) is 0 Å². The first kappa shape index (κ1) is 11.5. The minimum absolute atomic E-state index is 0.0727. The average Bonchev–Trinajstić information content (AvgIpc) is 2.29. The smallest absolute Gasteiger partial charge is 0.254 e. The highest BCUT2D eigenvalue weighted by Crippen LogP contribution is 2.12. The molecule has 1 aliphatic heterocycles. The van der Waals surface area contributed by atoms with Gasteiger partial charge in [0.1, 0.15) is 0 Å². The lowest BCUT2D eigenvalue weighted by Gasteiger charge is -2.31. The highest BCUT2D eigenvalue weighted by molar-refractivity contribution is 7.80. The third-order valence-corrected chi connectivity index (χ3v) is 2.94. The van der Waals surface area contributed by atoms with Gasteiger partial charge in [-0.1, -0.05) is 0 Å². The molecule has 1 aliphatic rings. The fourth-order valence-electron chi connectivity index (χ4n) is 1.79. The van der Waals surface area contributed by atoms with E-state index in [1.807, 2.05) is 36.1 Å². The van der Waals surface area contributed by atoms with Gasteiger partial charge in [-0.3, -0.25) is 4.79 Å². The SMILES string of the molecule is CC1CN(C(=O)c2ccc(S)cc2)CCO1. The van der Waals surface area contributed by atoms with Crippen molar-refractivity contribution in [2.45, 2.75) is 17.9 Å². The van der Waals surface area contributed by atoms with E-state index in [0.717, 1.165) is 4.90 Å². The van der Waals surface area contributed by atoms with E-state index in [1.54, 1.807) is 0 Å². The van der Waals surface area contributed by atoms with Crippen LogP contribution >= 0.6 is 12.6 Å². The molecule has 1 aromatic carbocycles. The molecule has 0 spiro atoms. The summed E-state index contributed by atoms with van der Waals surface area (Å²) in [6.07, 6.45) is 0.127. The summed E-state index contributed by atoms with van der Waals surface area (Å²) in [7, 11) is 0. The van der Waals surface area contributed by atoms with Crippen LogP contribution in [0.15, 0.2) is 29.2 Å². The van der Waals surface area contributed by atoms with E-state index in [0.29, 0.717) is 25.3 Å². The number of hydrogen-bond donors (Lipinski definition) is 1. The number of ether oxygens (including phenoxy) is 1. The maximum atomic E-state index is 12.1. The lowest BCUT2D eigenvalue weighted by Crippen LogP contribution is -2.44. The van der Waals surface area contributed by atoms with Crippen molar-refractivity contribution in [3.8, 4) is 0 Å². The molecule has 86 valence electrons. The largest absolute Gasteiger partial charge is 0.375 e. The van der Waals surface area contributed by atoms with Gasteiger partial charge in [-0.15, -0.1) is 12.6 Å². The maximum absolute atomic E-state index is 12.1. The van der Waals surface area contributed by atoms with Crippen molar-refractivity contribution >= 4 is 18.5 Å². The lowest BCUT2D eigenvalue weighted by molar-refractivity contribution is -0.0124. The average molecular weight is 237 g/mol. The van der Waals surface area contributed by atoms with E-state index in [-0.39, 0.29) is 12.0 Å². The van der Waals surface area contributed by atoms with Crippen LogP contribution in [0.4, 0.5) is 0 Å². The van der Waals surface area contributed by atoms with E-state index in [1.165, 1.54) is 0 Å². The Labute approximate surface area is 101 Å². The van der Waals surface area contributed by atoms with Gasteiger partial charge < -0.3 is 9.64 Å². The number of carbonyl (C=O) groups is 1. The molecule has 0 N–H and O–H groups in total. The number of hydrogen-bond acceptors (Lipinski definition) is 3. The van der Waals surface area contributed by atoms with Gasteiger partial charge in [0.2, 0.25) is 0 Å². The summed E-state index contributed by atoms with van der Waals surface area (Å²) in [6.45, 7) is 3.95. The number of nitrogens with zero attached hydrogens (tertiary/aromatic N) is 1. The second kappa shape index (κ2) is 4.89. The van der Waals surface area contributed by atoms with Crippen LogP contribution in [0, 0.1) is 0 Å². The van der Waals surface area contributed by atoms with Gasteiger partial charge in [-0.25, -0.2) is 0 Å². The second-order valence-electron chi connectivity index (χ2n) is 3.98. The summed E-state index contributed by atoms with van der Waals surface area (Å²) in [5.41, 5.74) is 0.715. The predicted octanol–water partition coefficient (Wildman–Crippen LogP) is 1.84. The molecule has 0 saturated carbocycles. The van der Waals surface area contributed by atoms with E-state index in [9.17, 15) is 4.79 Å². The van der Waals surface area contributed by atoms with Crippen molar-refractivity contribution in [3.05, 3.63) is 29.8 Å². The van der Waals surface area contributed by atoms with Crippen LogP contribution in [-0.2, 0) is 4.74 Å². The Morgan fingerprint density at radius 3 is 2.75 bits per heavy atom. The molecule has 4 heteroatoms. The fourth-order valence-corrected chi connectivity index (χ4v) is 1.94. The molecule has 1 unspecified atom stereocenters. The number of morpholine rings is 1. The Morgan fingerprint density at radius 2 is 2.12 bits per heavy atom. The van der Waals surface area contributed by atoms with Crippen molar-refractivity contribution in [3.63, 3.8) is 0 Å². The monoisotopic (exact) mass is 237 g/mol. The molecule has 1 aromatic rings. The molecule has 0 aliphatic carbocycles. The van der Waals surface area contributed by atoms with Crippen LogP contribution in [-0.4, -0.2) is 36.6 Å². The highest BCUT2D eigenvalue weighted by Gasteiger charge is 2.22. The number of benzene rings is 1. The summed E-state index contributed by atoms with van der Waals surface area (Å²) in [6, 6.07) is 7.29. The molecule has 16 heavy (non-hydrogen) atoms. The van der Waals surface area contributed by atoms with Gasteiger partial charge in [0, 0.05) is 23.5 Å². The molecule has 2 rings (SSSR count). The van der Waals surface area contributed by atoms with Gasteiger partial charge in [0.05, 0.1) is 12.7 Å². The normalized spacial score (nSPS) is 20.9. The van der Waals surface area contributed by atoms with Crippen molar-refractivity contribution < 1.29 is 9.53 Å². The van der Waals surface area contributed by atoms with Crippen LogP contribution in [0.2, 0.25) is 0 Å². The first-order chi connectivity index (χ1) is 7.66. The summed E-state index contributed by atoms with van der Waals surface area (Å²) in [5.74, 6) is 0.0727. The van der Waals surface area contributed by atoms with Gasteiger partial charge >= 0.3 is 0 Å². The Balaban J connectivity index is 2.09. The molecule has 3 nitrogen and oxygen atoms in total. The molecule has 1 saturated heterocycles.